The summed E-state index contributed by atoms with van der Waals surface area (Å²) in [6.45, 7) is 0. The van der Waals surface area contributed by atoms with Gasteiger partial charge in [-0.3, -0.25) is 4.55 Å². The fourth-order valence-electron chi connectivity index (χ4n) is 6.21. The number of rotatable bonds is 6. The van der Waals surface area contributed by atoms with Gasteiger partial charge in [0.2, 0.25) is 0 Å². The van der Waals surface area contributed by atoms with E-state index in [1.54, 1.807) is 18.2 Å². The second-order valence-corrected chi connectivity index (χ2v) is 12.6. The van der Waals surface area contributed by atoms with Crippen molar-refractivity contribution in [2.75, 3.05) is 10.6 Å². The molecule has 0 radical (unpaired) electrons. The van der Waals surface area contributed by atoms with E-state index in [1.807, 2.05) is 84.9 Å². The lowest BCUT2D eigenvalue weighted by Gasteiger charge is -2.13. The van der Waals surface area contributed by atoms with Gasteiger partial charge in [0.05, 0.1) is 22.9 Å². The number of hydrogen-bond acceptors (Lipinski definition) is 4. The average molecular weight is 620 g/mol. The molecule has 1 aromatic heterocycles. The van der Waals surface area contributed by atoms with E-state index >= 15 is 0 Å². The van der Waals surface area contributed by atoms with Gasteiger partial charge in [-0.1, -0.05) is 91.0 Å². The van der Waals surface area contributed by atoms with Gasteiger partial charge >= 0.3 is 11.2 Å². The van der Waals surface area contributed by atoms with Gasteiger partial charge in [0.25, 0.3) is 10.1 Å². The molecule has 0 atom stereocenters. The monoisotopic (exact) mass is 619 g/mol. The standard InChI is InChI=1S/C39H26N2O4S/c42-46(43,44)38-18-6-5-15-33(38)39-31-21-19-27(40-34-16-7-11-25-9-1-3-13-29(25)34)23-36(31)45-37-24-28(20-22-32(37)39)41-35-17-8-12-26-10-2-4-14-30(26)35/h1-24,40-41H/p+1. The van der Waals surface area contributed by atoms with Crippen LogP contribution in [0.4, 0.5) is 22.7 Å². The van der Waals surface area contributed by atoms with E-state index in [-0.39, 0.29) is 4.90 Å². The molecular formula is C39H27N2O4S+. The van der Waals surface area contributed by atoms with Crippen LogP contribution in [0.1, 0.15) is 0 Å². The first-order chi connectivity index (χ1) is 22.4. The summed E-state index contributed by atoms with van der Waals surface area (Å²) in [5.41, 5.74) is 5.68. The van der Waals surface area contributed by atoms with E-state index in [1.165, 1.54) is 6.07 Å². The smallest absolute Gasteiger partial charge is 0.355 e. The van der Waals surface area contributed by atoms with Crippen molar-refractivity contribution in [2.45, 2.75) is 4.90 Å². The molecule has 222 valence electrons. The number of anilines is 4. The molecule has 3 N–H and O–H groups in total. The van der Waals surface area contributed by atoms with Crippen molar-refractivity contribution < 1.29 is 17.4 Å². The second kappa shape index (κ2) is 11.0. The molecule has 46 heavy (non-hydrogen) atoms. The predicted octanol–water partition coefficient (Wildman–Crippen LogP) is 10.6. The van der Waals surface area contributed by atoms with Gasteiger partial charge in [0.1, 0.15) is 4.90 Å². The molecule has 8 rings (SSSR count). The SMILES string of the molecule is O=S(=O)(O)c1ccccc1-c1c2ccc(Nc3cccc4ccccc34)cc2[o+]c2cc(Nc3cccc4ccccc34)ccc12. The molecule has 7 aromatic carbocycles. The number of nitrogens with one attached hydrogen (secondary N) is 2. The summed E-state index contributed by atoms with van der Waals surface area (Å²) in [6.07, 6.45) is 0. The molecule has 0 aliphatic rings. The Kier molecular flexibility index (Phi) is 6.64. The van der Waals surface area contributed by atoms with Crippen LogP contribution in [0.3, 0.4) is 0 Å². The highest BCUT2D eigenvalue weighted by Crippen LogP contribution is 2.41. The van der Waals surface area contributed by atoms with E-state index < -0.39 is 10.1 Å². The Morgan fingerprint density at radius 1 is 0.500 bits per heavy atom. The Bertz CT molecular complexity index is 2430. The normalized spacial score (nSPS) is 11.8. The van der Waals surface area contributed by atoms with Crippen LogP contribution >= 0.6 is 0 Å². The molecular weight excluding hydrogens is 593 g/mol. The first-order valence-electron chi connectivity index (χ1n) is 14.8. The lowest BCUT2D eigenvalue weighted by molar-refractivity contribution is 0.483. The van der Waals surface area contributed by atoms with Crippen molar-refractivity contribution in [3.05, 3.63) is 146 Å². The maximum atomic E-state index is 12.5. The zero-order chi connectivity index (χ0) is 31.3. The van der Waals surface area contributed by atoms with Crippen LogP contribution in [0.25, 0.3) is 54.6 Å². The summed E-state index contributed by atoms with van der Waals surface area (Å²) >= 11 is 0. The van der Waals surface area contributed by atoms with Gasteiger partial charge < -0.3 is 10.6 Å². The third kappa shape index (κ3) is 4.98. The highest BCUT2D eigenvalue weighted by Gasteiger charge is 2.26. The summed E-state index contributed by atoms with van der Waals surface area (Å²) < 4.78 is 41.8. The molecule has 0 saturated carbocycles. The van der Waals surface area contributed by atoms with Crippen molar-refractivity contribution in [3.63, 3.8) is 0 Å². The molecule has 0 unspecified atom stereocenters. The third-order valence-electron chi connectivity index (χ3n) is 8.29. The molecule has 0 aliphatic heterocycles. The largest absolute Gasteiger partial charge is 0.363 e. The van der Waals surface area contributed by atoms with E-state index in [0.29, 0.717) is 33.1 Å². The van der Waals surface area contributed by atoms with Crippen LogP contribution in [0, 0.1) is 0 Å². The van der Waals surface area contributed by atoms with Crippen LogP contribution < -0.4 is 10.6 Å². The van der Waals surface area contributed by atoms with Gasteiger partial charge in [0.15, 0.2) is 0 Å². The van der Waals surface area contributed by atoms with Crippen LogP contribution in [-0.2, 0) is 10.1 Å². The van der Waals surface area contributed by atoms with Crippen LogP contribution in [0.15, 0.2) is 155 Å². The molecule has 0 amide bonds. The number of benzene rings is 7. The molecule has 0 spiro atoms. The average Bonchev–Trinajstić information content (AvgIpc) is 3.07. The second-order valence-electron chi connectivity index (χ2n) is 11.2. The number of hydrogen-bond donors (Lipinski definition) is 3. The van der Waals surface area contributed by atoms with E-state index in [9.17, 15) is 13.0 Å². The van der Waals surface area contributed by atoms with E-state index in [4.69, 9.17) is 4.42 Å². The molecule has 8 aromatic rings. The summed E-state index contributed by atoms with van der Waals surface area (Å²) in [5, 5.41) is 12.9. The van der Waals surface area contributed by atoms with Gasteiger partial charge in [0, 0.05) is 44.6 Å². The van der Waals surface area contributed by atoms with Gasteiger partial charge in [-0.2, -0.15) is 8.42 Å². The topological polar surface area (TPSA) is 89.7 Å². The van der Waals surface area contributed by atoms with Crippen molar-refractivity contribution in [1.82, 2.24) is 0 Å². The molecule has 0 saturated heterocycles. The summed E-state index contributed by atoms with van der Waals surface area (Å²) in [4.78, 5) is -0.167. The minimum absolute atomic E-state index is 0.167. The van der Waals surface area contributed by atoms with E-state index in [2.05, 4.69) is 47.0 Å². The minimum atomic E-state index is -4.51. The van der Waals surface area contributed by atoms with Gasteiger partial charge in [-0.15, -0.1) is 0 Å². The highest BCUT2D eigenvalue weighted by atomic mass is 32.2. The van der Waals surface area contributed by atoms with Gasteiger partial charge in [-0.05, 0) is 53.2 Å². The summed E-state index contributed by atoms with van der Waals surface area (Å²) in [5.74, 6) is 0. The van der Waals surface area contributed by atoms with Crippen molar-refractivity contribution in [2.24, 2.45) is 0 Å². The molecule has 0 fully saturated rings. The first kappa shape index (κ1) is 27.8. The van der Waals surface area contributed by atoms with Crippen molar-refractivity contribution >= 4 is 76.4 Å². The highest BCUT2D eigenvalue weighted by molar-refractivity contribution is 7.86. The Labute approximate surface area is 265 Å². The summed E-state index contributed by atoms with van der Waals surface area (Å²) in [7, 11) is -4.51. The van der Waals surface area contributed by atoms with Crippen LogP contribution in [0.2, 0.25) is 0 Å². The molecule has 0 aliphatic carbocycles. The fraction of sp³-hybridized carbons (Fsp3) is 0. The maximum absolute atomic E-state index is 12.5. The zero-order valence-corrected chi connectivity index (χ0v) is 25.3. The lowest BCUT2D eigenvalue weighted by atomic mass is 9.96. The Morgan fingerprint density at radius 2 is 0.978 bits per heavy atom. The minimum Gasteiger partial charge on any atom is -0.355 e. The van der Waals surface area contributed by atoms with Crippen molar-refractivity contribution in [1.29, 1.82) is 0 Å². The summed E-state index contributed by atoms with van der Waals surface area (Å²) in [6, 6.07) is 46.6. The van der Waals surface area contributed by atoms with Crippen LogP contribution in [0.5, 0.6) is 0 Å². The quantitative estimate of drug-likeness (QED) is 0.0975. The molecule has 6 nitrogen and oxygen atoms in total. The third-order valence-corrected chi connectivity index (χ3v) is 9.21. The zero-order valence-electron chi connectivity index (χ0n) is 24.4. The Hall–Kier alpha value is -5.76. The Balaban J connectivity index is 1.32. The van der Waals surface area contributed by atoms with E-state index in [0.717, 1.165) is 44.3 Å². The molecule has 1 heterocycles. The maximum Gasteiger partial charge on any atom is 0.363 e. The number of fused-ring (bicyclic) bond motifs is 4. The van der Waals surface area contributed by atoms with Crippen LogP contribution in [-0.4, -0.2) is 13.0 Å². The lowest BCUT2D eigenvalue weighted by Crippen LogP contribution is -2.01. The van der Waals surface area contributed by atoms with Gasteiger partial charge in [-0.25, -0.2) is 4.42 Å². The molecule has 7 heteroatoms. The van der Waals surface area contributed by atoms with Crippen molar-refractivity contribution in [3.8, 4) is 11.1 Å². The molecule has 0 bridgehead atoms. The first-order valence-corrected chi connectivity index (χ1v) is 16.3. The Morgan fingerprint density at radius 3 is 1.52 bits per heavy atom. The predicted molar refractivity (Wildman–Crippen MR) is 188 cm³/mol. The fourth-order valence-corrected chi connectivity index (χ4v) is 6.91.